The number of rotatable bonds is 9. The predicted octanol–water partition coefficient (Wildman–Crippen LogP) is 3.13. The molecule has 0 aromatic heterocycles. The molecule has 0 spiro atoms. The Morgan fingerprint density at radius 3 is 2.24 bits per heavy atom. The lowest BCUT2D eigenvalue weighted by atomic mass is 10.0. The molecule has 0 aliphatic heterocycles. The van der Waals surface area contributed by atoms with Crippen molar-refractivity contribution in [3.8, 4) is 0 Å². The zero-order valence-corrected chi connectivity index (χ0v) is 19.7. The van der Waals surface area contributed by atoms with Gasteiger partial charge in [-0.2, -0.15) is 0 Å². The van der Waals surface area contributed by atoms with Crippen LogP contribution in [-0.2, 0) is 21.2 Å². The third-order valence-corrected chi connectivity index (χ3v) is 7.48. The van der Waals surface area contributed by atoms with Gasteiger partial charge in [0.15, 0.2) is 0 Å². The highest BCUT2D eigenvalue weighted by Crippen LogP contribution is 2.23. The van der Waals surface area contributed by atoms with E-state index in [-0.39, 0.29) is 22.4 Å². The molecule has 2 N–H and O–H groups in total. The Morgan fingerprint density at radius 1 is 0.941 bits per heavy atom. The molecule has 0 radical (unpaired) electrons. The molecule has 0 saturated heterocycles. The van der Waals surface area contributed by atoms with E-state index in [2.05, 4.69) is 10.6 Å². The molecule has 0 bridgehead atoms. The molecule has 3 aromatic carbocycles. The Balaban J connectivity index is 1.54. The second kappa shape index (κ2) is 10.1. The zero-order chi connectivity index (χ0) is 24.1. The van der Waals surface area contributed by atoms with E-state index < -0.39 is 22.0 Å². The van der Waals surface area contributed by atoms with Crippen LogP contribution in [0, 0.1) is 0 Å². The summed E-state index contributed by atoms with van der Waals surface area (Å²) in [7, 11) is -2.41. The fraction of sp³-hybridized carbons (Fsp3) is 0.231. The molecule has 1 aliphatic rings. The van der Waals surface area contributed by atoms with Crippen molar-refractivity contribution in [2.24, 2.45) is 0 Å². The van der Waals surface area contributed by atoms with E-state index in [4.69, 9.17) is 0 Å². The maximum atomic E-state index is 13.1. The van der Waals surface area contributed by atoms with Crippen LogP contribution in [0.1, 0.15) is 28.8 Å². The third-order valence-electron chi connectivity index (χ3n) is 5.70. The highest BCUT2D eigenvalue weighted by atomic mass is 32.2. The van der Waals surface area contributed by atoms with Crippen LogP contribution in [0.2, 0.25) is 0 Å². The maximum absolute atomic E-state index is 13.1. The number of amides is 2. The number of hydrogen-bond donors (Lipinski definition) is 2. The summed E-state index contributed by atoms with van der Waals surface area (Å²) >= 11 is 0. The number of benzene rings is 3. The lowest BCUT2D eigenvalue weighted by Gasteiger charge is -2.21. The summed E-state index contributed by atoms with van der Waals surface area (Å²) in [5.74, 6) is -0.751. The molecule has 0 heterocycles. The first-order chi connectivity index (χ1) is 16.3. The van der Waals surface area contributed by atoms with Crippen LogP contribution in [-0.4, -0.2) is 39.4 Å². The number of nitrogens with one attached hydrogen (secondary N) is 2. The van der Waals surface area contributed by atoms with Gasteiger partial charge in [0.05, 0.1) is 10.6 Å². The van der Waals surface area contributed by atoms with Crippen molar-refractivity contribution in [2.45, 2.75) is 36.2 Å². The molecule has 4 rings (SSSR count). The molecule has 1 unspecified atom stereocenters. The van der Waals surface area contributed by atoms with Gasteiger partial charge in [0.1, 0.15) is 6.04 Å². The van der Waals surface area contributed by atoms with E-state index in [1.54, 1.807) is 30.3 Å². The second-order valence-electron chi connectivity index (χ2n) is 8.33. The van der Waals surface area contributed by atoms with E-state index in [0.29, 0.717) is 12.1 Å². The largest absolute Gasteiger partial charge is 0.352 e. The van der Waals surface area contributed by atoms with E-state index in [1.807, 2.05) is 30.3 Å². The van der Waals surface area contributed by atoms with Gasteiger partial charge in [-0.1, -0.05) is 54.6 Å². The lowest BCUT2D eigenvalue weighted by molar-refractivity contribution is -0.123. The van der Waals surface area contributed by atoms with Crippen LogP contribution < -0.4 is 14.9 Å². The first-order valence-electron chi connectivity index (χ1n) is 11.1. The van der Waals surface area contributed by atoms with E-state index in [1.165, 1.54) is 35.6 Å². The zero-order valence-electron chi connectivity index (χ0n) is 18.8. The molecule has 3 aromatic rings. The molecule has 34 heavy (non-hydrogen) atoms. The fourth-order valence-electron chi connectivity index (χ4n) is 3.56. The van der Waals surface area contributed by atoms with Crippen molar-refractivity contribution < 1.29 is 18.0 Å². The van der Waals surface area contributed by atoms with Crippen LogP contribution in [0.25, 0.3) is 0 Å². The normalized spacial score (nSPS) is 14.1. The number of anilines is 1. The summed E-state index contributed by atoms with van der Waals surface area (Å²) in [5.41, 5.74) is 1.59. The maximum Gasteiger partial charge on any atom is 0.264 e. The van der Waals surface area contributed by atoms with Gasteiger partial charge in [-0.15, -0.1) is 0 Å². The summed E-state index contributed by atoms with van der Waals surface area (Å²) < 4.78 is 27.4. The van der Waals surface area contributed by atoms with Crippen molar-refractivity contribution in [3.05, 3.63) is 96.1 Å². The molecule has 1 fully saturated rings. The van der Waals surface area contributed by atoms with Crippen molar-refractivity contribution in [2.75, 3.05) is 11.4 Å². The number of hydrogen-bond acceptors (Lipinski definition) is 4. The van der Waals surface area contributed by atoms with Crippen LogP contribution in [0.5, 0.6) is 0 Å². The van der Waals surface area contributed by atoms with E-state index in [9.17, 15) is 18.0 Å². The quantitative estimate of drug-likeness (QED) is 0.495. The Bertz CT molecular complexity index is 1260. The molecule has 2 amide bonds. The Labute approximate surface area is 199 Å². The van der Waals surface area contributed by atoms with Gasteiger partial charge in [-0.05, 0) is 48.7 Å². The van der Waals surface area contributed by atoms with Gasteiger partial charge >= 0.3 is 0 Å². The van der Waals surface area contributed by atoms with Gasteiger partial charge in [0.2, 0.25) is 5.91 Å². The van der Waals surface area contributed by atoms with Gasteiger partial charge < -0.3 is 10.6 Å². The van der Waals surface area contributed by atoms with Crippen LogP contribution in [0.3, 0.4) is 0 Å². The SMILES string of the molecule is CN(c1ccccc1)S(=O)(=O)c1cccc(C(=O)NC(Cc2ccccc2)C(=O)NC2CC2)c1. The lowest BCUT2D eigenvalue weighted by Crippen LogP contribution is -2.48. The Morgan fingerprint density at radius 2 is 1.59 bits per heavy atom. The summed E-state index contributed by atoms with van der Waals surface area (Å²) in [6.07, 6.45) is 2.21. The minimum absolute atomic E-state index is 0.00598. The second-order valence-corrected chi connectivity index (χ2v) is 10.3. The number of nitrogens with zero attached hydrogens (tertiary/aromatic N) is 1. The Kier molecular flexibility index (Phi) is 6.98. The van der Waals surface area contributed by atoms with Gasteiger partial charge in [0, 0.05) is 25.1 Å². The monoisotopic (exact) mass is 477 g/mol. The summed E-state index contributed by atoms with van der Waals surface area (Å²) in [5, 5.41) is 5.74. The molecule has 176 valence electrons. The topological polar surface area (TPSA) is 95.6 Å². The molecule has 7 nitrogen and oxygen atoms in total. The molecule has 1 aliphatic carbocycles. The number of carbonyl (C=O) groups is 2. The van der Waals surface area contributed by atoms with Crippen molar-refractivity contribution in [3.63, 3.8) is 0 Å². The van der Waals surface area contributed by atoms with Crippen LogP contribution in [0.4, 0.5) is 5.69 Å². The molecule has 1 saturated carbocycles. The van der Waals surface area contributed by atoms with Gasteiger partial charge in [-0.3, -0.25) is 13.9 Å². The number of sulfonamides is 1. The van der Waals surface area contributed by atoms with Gasteiger partial charge in [0.25, 0.3) is 15.9 Å². The van der Waals surface area contributed by atoms with Gasteiger partial charge in [-0.25, -0.2) is 8.42 Å². The standard InChI is InChI=1S/C26H27N3O4S/c1-29(22-12-6-3-7-13-22)34(32,33)23-14-8-11-20(18-23)25(30)28-24(26(31)27-21-15-16-21)17-19-9-4-2-5-10-19/h2-14,18,21,24H,15-17H2,1H3,(H,27,31)(H,28,30). The molecule has 1 atom stereocenters. The van der Waals surface area contributed by atoms with E-state index in [0.717, 1.165) is 18.4 Å². The molecule has 8 heteroatoms. The number of para-hydroxylation sites is 1. The minimum atomic E-state index is -3.87. The minimum Gasteiger partial charge on any atom is -0.352 e. The van der Waals surface area contributed by atoms with Crippen LogP contribution >= 0.6 is 0 Å². The summed E-state index contributed by atoms with van der Waals surface area (Å²) in [6.45, 7) is 0. The van der Waals surface area contributed by atoms with E-state index >= 15 is 0 Å². The number of carbonyl (C=O) groups excluding carboxylic acids is 2. The fourth-order valence-corrected chi connectivity index (χ4v) is 4.80. The molecular formula is C26H27N3O4S. The highest BCUT2D eigenvalue weighted by Gasteiger charge is 2.29. The van der Waals surface area contributed by atoms with Crippen molar-refractivity contribution in [1.82, 2.24) is 10.6 Å². The highest BCUT2D eigenvalue weighted by molar-refractivity contribution is 7.92. The summed E-state index contributed by atoms with van der Waals surface area (Å²) in [4.78, 5) is 25.9. The molecular weight excluding hydrogens is 450 g/mol. The third kappa shape index (κ3) is 5.63. The smallest absolute Gasteiger partial charge is 0.264 e. The average molecular weight is 478 g/mol. The average Bonchev–Trinajstić information content (AvgIpc) is 3.68. The first-order valence-corrected chi connectivity index (χ1v) is 12.6. The van der Waals surface area contributed by atoms with Crippen LogP contribution in [0.15, 0.2) is 89.8 Å². The van der Waals surface area contributed by atoms with Crippen molar-refractivity contribution >= 4 is 27.5 Å². The first kappa shape index (κ1) is 23.5. The summed E-state index contributed by atoms with van der Waals surface area (Å²) in [6, 6.07) is 23.4. The van der Waals surface area contributed by atoms with Crippen molar-refractivity contribution in [1.29, 1.82) is 0 Å². The Hall–Kier alpha value is -3.65. The predicted molar refractivity (Wildman–Crippen MR) is 131 cm³/mol.